The number of ether oxygens (including phenoxy) is 1. The third-order valence-corrected chi connectivity index (χ3v) is 3.36. The van der Waals surface area contributed by atoms with Gasteiger partial charge in [0.2, 0.25) is 0 Å². The van der Waals surface area contributed by atoms with Crippen LogP contribution < -0.4 is 11.1 Å². The van der Waals surface area contributed by atoms with Crippen LogP contribution in [0.3, 0.4) is 0 Å². The van der Waals surface area contributed by atoms with Crippen LogP contribution in [0.5, 0.6) is 0 Å². The van der Waals surface area contributed by atoms with Crippen LogP contribution >= 0.6 is 0 Å². The molecule has 3 N–H and O–H groups in total. The third-order valence-electron chi connectivity index (χ3n) is 1.69. The minimum atomic E-state index is -3.00. The predicted octanol–water partition coefficient (Wildman–Crippen LogP) is -1.53. The zero-order chi connectivity index (χ0) is 9.90. The highest BCUT2D eigenvalue weighted by atomic mass is 32.2. The van der Waals surface area contributed by atoms with Crippen molar-refractivity contribution in [3.63, 3.8) is 0 Å². The number of sulfone groups is 1. The lowest BCUT2D eigenvalue weighted by molar-refractivity contribution is 0.0734. The van der Waals surface area contributed by atoms with Gasteiger partial charge in [-0.3, -0.25) is 0 Å². The van der Waals surface area contributed by atoms with E-state index < -0.39 is 22.0 Å². The largest absolute Gasteiger partial charge is 0.374 e. The maximum atomic E-state index is 11.1. The van der Waals surface area contributed by atoms with Crippen LogP contribution in [0.25, 0.3) is 0 Å². The first-order chi connectivity index (χ1) is 5.99. The van der Waals surface area contributed by atoms with Gasteiger partial charge in [0.1, 0.15) is 0 Å². The standard InChI is InChI=1S/C6H12N2O4S/c7-6(9)8-3-5-4-13(10,11)2-1-12-5/h5H,1-4H2,(H3,7,8,9). The molecule has 1 saturated heterocycles. The summed E-state index contributed by atoms with van der Waals surface area (Å²) in [6.45, 7) is 0.335. The summed E-state index contributed by atoms with van der Waals surface area (Å²) in [4.78, 5) is 10.3. The molecule has 1 aliphatic heterocycles. The second-order valence-electron chi connectivity index (χ2n) is 2.85. The molecule has 6 nitrogen and oxygen atoms in total. The normalized spacial score (nSPS) is 26.6. The quantitative estimate of drug-likeness (QED) is 0.575. The van der Waals surface area contributed by atoms with E-state index in [0.29, 0.717) is 0 Å². The van der Waals surface area contributed by atoms with Crippen LogP contribution in [-0.4, -0.2) is 45.2 Å². The van der Waals surface area contributed by atoms with Gasteiger partial charge < -0.3 is 15.8 Å². The summed E-state index contributed by atoms with van der Waals surface area (Å²) in [5.74, 6) is 0.00729. The van der Waals surface area contributed by atoms with Gasteiger partial charge in [-0.1, -0.05) is 0 Å². The van der Waals surface area contributed by atoms with Crippen molar-refractivity contribution in [1.82, 2.24) is 5.32 Å². The van der Waals surface area contributed by atoms with Crippen molar-refractivity contribution in [1.29, 1.82) is 0 Å². The minimum Gasteiger partial charge on any atom is -0.374 e. The summed E-state index contributed by atoms with van der Waals surface area (Å²) in [6.07, 6.45) is -0.466. The summed E-state index contributed by atoms with van der Waals surface area (Å²) in [5, 5.41) is 2.30. The number of urea groups is 1. The highest BCUT2D eigenvalue weighted by Crippen LogP contribution is 2.05. The van der Waals surface area contributed by atoms with E-state index in [-0.39, 0.29) is 24.7 Å². The molecule has 1 unspecified atom stereocenters. The van der Waals surface area contributed by atoms with E-state index in [0.717, 1.165) is 0 Å². The lowest BCUT2D eigenvalue weighted by atomic mass is 10.4. The molecule has 0 bridgehead atoms. The van der Waals surface area contributed by atoms with Gasteiger partial charge >= 0.3 is 6.03 Å². The van der Waals surface area contributed by atoms with Gasteiger partial charge in [-0.15, -0.1) is 0 Å². The number of primary amides is 1. The first-order valence-electron chi connectivity index (χ1n) is 3.85. The second-order valence-corrected chi connectivity index (χ2v) is 5.08. The van der Waals surface area contributed by atoms with Gasteiger partial charge in [0.05, 0.1) is 24.2 Å². The predicted molar refractivity (Wildman–Crippen MR) is 46.0 cm³/mol. The highest BCUT2D eigenvalue weighted by molar-refractivity contribution is 7.91. The van der Waals surface area contributed by atoms with Crippen LogP contribution in [0.2, 0.25) is 0 Å². The first-order valence-corrected chi connectivity index (χ1v) is 5.67. The lowest BCUT2D eigenvalue weighted by Gasteiger charge is -2.22. The molecule has 0 spiro atoms. The van der Waals surface area contributed by atoms with Crippen molar-refractivity contribution >= 4 is 15.9 Å². The van der Waals surface area contributed by atoms with Crippen molar-refractivity contribution in [2.24, 2.45) is 5.73 Å². The Morgan fingerprint density at radius 1 is 1.62 bits per heavy atom. The topological polar surface area (TPSA) is 98.5 Å². The summed E-state index contributed by atoms with van der Waals surface area (Å²) < 4.78 is 27.3. The van der Waals surface area contributed by atoms with Crippen LogP contribution in [0.15, 0.2) is 0 Å². The van der Waals surface area contributed by atoms with Crippen molar-refractivity contribution in [3.05, 3.63) is 0 Å². The molecule has 0 aromatic rings. The Balaban J connectivity index is 2.39. The first kappa shape index (κ1) is 10.3. The van der Waals surface area contributed by atoms with Crippen molar-refractivity contribution in [3.8, 4) is 0 Å². The molecule has 0 saturated carbocycles. The Hall–Kier alpha value is -0.820. The van der Waals surface area contributed by atoms with Crippen molar-refractivity contribution < 1.29 is 17.9 Å². The molecule has 0 aromatic heterocycles. The fourth-order valence-corrected chi connectivity index (χ4v) is 2.39. The Kier molecular flexibility index (Phi) is 3.10. The van der Waals surface area contributed by atoms with E-state index in [1.807, 2.05) is 0 Å². The number of carbonyl (C=O) groups excluding carboxylic acids is 1. The SMILES string of the molecule is NC(=O)NCC1CS(=O)(=O)CCO1. The van der Waals surface area contributed by atoms with E-state index in [4.69, 9.17) is 10.5 Å². The summed E-state index contributed by atoms with van der Waals surface area (Å²) in [5.41, 5.74) is 4.82. The highest BCUT2D eigenvalue weighted by Gasteiger charge is 2.25. The molecule has 1 rings (SSSR count). The molecule has 2 amide bonds. The molecule has 13 heavy (non-hydrogen) atoms. The Morgan fingerprint density at radius 2 is 2.31 bits per heavy atom. The molecule has 1 atom stereocenters. The number of hydrogen-bond donors (Lipinski definition) is 2. The number of amides is 2. The number of nitrogens with one attached hydrogen (secondary N) is 1. The van der Waals surface area contributed by atoms with E-state index in [2.05, 4.69) is 5.32 Å². The van der Waals surface area contributed by atoms with Gasteiger partial charge in [-0.2, -0.15) is 0 Å². The summed E-state index contributed by atoms with van der Waals surface area (Å²) in [6, 6.07) is -0.674. The van der Waals surface area contributed by atoms with E-state index in [9.17, 15) is 13.2 Å². The molecule has 1 aliphatic rings. The number of nitrogens with two attached hydrogens (primary N) is 1. The molecule has 0 aliphatic carbocycles. The maximum absolute atomic E-state index is 11.1. The number of hydrogen-bond acceptors (Lipinski definition) is 4. The van der Waals surface area contributed by atoms with E-state index in [1.165, 1.54) is 0 Å². The fraction of sp³-hybridized carbons (Fsp3) is 0.833. The average Bonchev–Trinajstić information content (AvgIpc) is 1.99. The molecule has 7 heteroatoms. The van der Waals surface area contributed by atoms with Gasteiger partial charge in [-0.25, -0.2) is 13.2 Å². The molecular formula is C6H12N2O4S. The van der Waals surface area contributed by atoms with Crippen LogP contribution in [0.4, 0.5) is 4.79 Å². The van der Waals surface area contributed by atoms with Crippen molar-refractivity contribution in [2.45, 2.75) is 6.10 Å². The zero-order valence-electron chi connectivity index (χ0n) is 7.02. The monoisotopic (exact) mass is 208 g/mol. The molecule has 1 heterocycles. The number of rotatable bonds is 2. The third kappa shape index (κ3) is 3.60. The van der Waals surface area contributed by atoms with Crippen molar-refractivity contribution in [2.75, 3.05) is 24.7 Å². The smallest absolute Gasteiger partial charge is 0.312 e. The number of carbonyl (C=O) groups is 1. The van der Waals surface area contributed by atoms with Gasteiger partial charge in [0.15, 0.2) is 9.84 Å². The van der Waals surface area contributed by atoms with E-state index >= 15 is 0 Å². The minimum absolute atomic E-state index is 0.0483. The van der Waals surface area contributed by atoms with Gasteiger partial charge in [-0.05, 0) is 0 Å². The Bertz CT molecular complexity index is 287. The summed E-state index contributed by atoms with van der Waals surface area (Å²) in [7, 11) is -3.00. The summed E-state index contributed by atoms with van der Waals surface area (Å²) >= 11 is 0. The van der Waals surface area contributed by atoms with Crippen LogP contribution in [0.1, 0.15) is 0 Å². The zero-order valence-corrected chi connectivity index (χ0v) is 7.84. The average molecular weight is 208 g/mol. The maximum Gasteiger partial charge on any atom is 0.312 e. The second kappa shape index (κ2) is 3.93. The van der Waals surface area contributed by atoms with Gasteiger partial charge in [0.25, 0.3) is 0 Å². The molecule has 1 fully saturated rings. The molecule has 0 aromatic carbocycles. The fourth-order valence-electron chi connectivity index (χ4n) is 1.09. The van der Waals surface area contributed by atoms with Crippen LogP contribution in [0, 0.1) is 0 Å². The Morgan fingerprint density at radius 3 is 2.85 bits per heavy atom. The van der Waals surface area contributed by atoms with Gasteiger partial charge in [0, 0.05) is 6.54 Å². The molecular weight excluding hydrogens is 196 g/mol. The van der Waals surface area contributed by atoms with E-state index in [1.54, 1.807) is 0 Å². The van der Waals surface area contributed by atoms with Crippen LogP contribution in [-0.2, 0) is 14.6 Å². The Labute approximate surface area is 76.3 Å². The molecule has 0 radical (unpaired) electrons. The lowest BCUT2D eigenvalue weighted by Crippen LogP contribution is -2.43. The molecule has 76 valence electrons.